The molecule has 21 heavy (non-hydrogen) atoms. The number of fused-ring (bicyclic) bond motifs is 1. The van der Waals surface area contributed by atoms with E-state index in [4.69, 9.17) is 4.98 Å². The van der Waals surface area contributed by atoms with Crippen LogP contribution in [-0.2, 0) is 16.8 Å². The Morgan fingerprint density at radius 3 is 2.76 bits per heavy atom. The lowest BCUT2D eigenvalue weighted by molar-refractivity contribution is -0.124. The second kappa shape index (κ2) is 5.15. The first-order valence-corrected chi connectivity index (χ1v) is 7.45. The summed E-state index contributed by atoms with van der Waals surface area (Å²) >= 11 is 0. The van der Waals surface area contributed by atoms with Crippen LogP contribution in [-0.4, -0.2) is 34.6 Å². The van der Waals surface area contributed by atoms with Crippen LogP contribution >= 0.6 is 0 Å². The van der Waals surface area contributed by atoms with E-state index < -0.39 is 0 Å². The van der Waals surface area contributed by atoms with Crippen LogP contribution in [0.25, 0.3) is 11.0 Å². The lowest BCUT2D eigenvalue weighted by Crippen LogP contribution is -2.54. The van der Waals surface area contributed by atoms with Crippen molar-refractivity contribution < 1.29 is 4.79 Å². The van der Waals surface area contributed by atoms with Gasteiger partial charge in [-0.1, -0.05) is 12.1 Å². The molecule has 112 valence electrons. The Labute approximate surface area is 124 Å². The minimum atomic E-state index is -0.198. The molecule has 1 aromatic carbocycles. The van der Waals surface area contributed by atoms with Gasteiger partial charge in [-0.15, -0.1) is 0 Å². The molecule has 1 unspecified atom stereocenters. The Balaban J connectivity index is 2.03. The normalized spacial score (nSPS) is 19.8. The number of amides is 1. The van der Waals surface area contributed by atoms with Crippen LogP contribution < -0.4 is 10.6 Å². The number of hydrogen-bond acceptors (Lipinski definition) is 3. The Kier molecular flexibility index (Phi) is 3.45. The number of aromatic nitrogens is 2. The van der Waals surface area contributed by atoms with Gasteiger partial charge in [0.1, 0.15) is 5.82 Å². The zero-order valence-electron chi connectivity index (χ0n) is 12.8. The third kappa shape index (κ3) is 2.65. The quantitative estimate of drug-likeness (QED) is 0.878. The van der Waals surface area contributed by atoms with E-state index in [0.717, 1.165) is 23.4 Å². The monoisotopic (exact) mass is 286 g/mol. The van der Waals surface area contributed by atoms with E-state index >= 15 is 0 Å². The predicted molar refractivity (Wildman–Crippen MR) is 83.2 cm³/mol. The summed E-state index contributed by atoms with van der Waals surface area (Å²) in [6, 6.07) is 7.94. The number of carbonyl (C=O) groups excluding carboxylic acids is 1. The molecule has 1 amide bonds. The highest BCUT2D eigenvalue weighted by molar-refractivity contribution is 5.83. The van der Waals surface area contributed by atoms with Crippen molar-refractivity contribution in [2.24, 2.45) is 0 Å². The SMILES string of the molecule is CC(C)(C)n1c(CC2NCCNC2=O)nc2ccccc21. The molecule has 2 aromatic rings. The van der Waals surface area contributed by atoms with E-state index in [2.05, 4.69) is 42.0 Å². The Hall–Kier alpha value is -1.88. The molecule has 1 fully saturated rings. The van der Waals surface area contributed by atoms with Gasteiger partial charge in [-0.2, -0.15) is 0 Å². The van der Waals surface area contributed by atoms with E-state index in [0.29, 0.717) is 13.0 Å². The molecule has 1 aromatic heterocycles. The van der Waals surface area contributed by atoms with Crippen molar-refractivity contribution in [3.8, 4) is 0 Å². The maximum atomic E-state index is 12.0. The standard InChI is InChI=1S/C16H22N4O/c1-16(2,3)20-13-7-5-4-6-11(13)19-14(20)10-12-15(21)18-9-8-17-12/h4-7,12,17H,8-10H2,1-3H3,(H,18,21). The lowest BCUT2D eigenvalue weighted by atomic mass is 10.1. The average Bonchev–Trinajstić information content (AvgIpc) is 2.79. The summed E-state index contributed by atoms with van der Waals surface area (Å²) in [7, 11) is 0. The van der Waals surface area contributed by atoms with Crippen molar-refractivity contribution in [1.82, 2.24) is 20.2 Å². The van der Waals surface area contributed by atoms with Crippen LogP contribution in [0.4, 0.5) is 0 Å². The second-order valence-electron chi connectivity index (χ2n) is 6.52. The zero-order valence-corrected chi connectivity index (χ0v) is 12.8. The number of hydrogen-bond donors (Lipinski definition) is 2. The maximum Gasteiger partial charge on any atom is 0.237 e. The summed E-state index contributed by atoms with van der Waals surface area (Å²) in [5.74, 6) is 1.02. The molecule has 1 aliphatic rings. The van der Waals surface area contributed by atoms with E-state index in [-0.39, 0.29) is 17.5 Å². The fraction of sp³-hybridized carbons (Fsp3) is 0.500. The summed E-state index contributed by atoms with van der Waals surface area (Å²) in [6.45, 7) is 8.01. The zero-order chi connectivity index (χ0) is 15.0. The highest BCUT2D eigenvalue weighted by atomic mass is 16.2. The summed E-state index contributed by atoms with van der Waals surface area (Å²) in [4.78, 5) is 16.7. The lowest BCUT2D eigenvalue weighted by Gasteiger charge is -2.27. The second-order valence-corrected chi connectivity index (χ2v) is 6.52. The Morgan fingerprint density at radius 1 is 1.29 bits per heavy atom. The molecule has 1 saturated heterocycles. The van der Waals surface area contributed by atoms with Crippen LogP contribution in [0, 0.1) is 0 Å². The number of nitrogens with one attached hydrogen (secondary N) is 2. The molecule has 1 atom stereocenters. The number of rotatable bonds is 2. The maximum absolute atomic E-state index is 12.0. The third-order valence-corrected chi connectivity index (χ3v) is 3.82. The van der Waals surface area contributed by atoms with Crippen molar-refractivity contribution in [2.45, 2.75) is 38.8 Å². The molecule has 0 aliphatic carbocycles. The van der Waals surface area contributed by atoms with Crippen LogP contribution in [0.3, 0.4) is 0 Å². The van der Waals surface area contributed by atoms with Gasteiger partial charge in [0.2, 0.25) is 5.91 Å². The van der Waals surface area contributed by atoms with Crippen LogP contribution in [0.1, 0.15) is 26.6 Å². The summed E-state index contributed by atoms with van der Waals surface area (Å²) in [5.41, 5.74) is 2.03. The van der Waals surface area contributed by atoms with Crippen LogP contribution in [0.2, 0.25) is 0 Å². The number of carbonyl (C=O) groups is 1. The summed E-state index contributed by atoms with van der Waals surface area (Å²) in [6.07, 6.45) is 0.609. The van der Waals surface area contributed by atoms with Crippen molar-refractivity contribution in [3.05, 3.63) is 30.1 Å². The minimum Gasteiger partial charge on any atom is -0.353 e. The van der Waals surface area contributed by atoms with Gasteiger partial charge < -0.3 is 15.2 Å². The van der Waals surface area contributed by atoms with E-state index in [9.17, 15) is 4.79 Å². The topological polar surface area (TPSA) is 59.0 Å². The number of piperazine rings is 1. The highest BCUT2D eigenvalue weighted by Gasteiger charge is 2.27. The number of para-hydroxylation sites is 2. The molecule has 0 radical (unpaired) electrons. The molecule has 2 N–H and O–H groups in total. The van der Waals surface area contributed by atoms with Gasteiger partial charge in [-0.05, 0) is 32.9 Å². The molecule has 0 bridgehead atoms. The molecular weight excluding hydrogens is 264 g/mol. The molecule has 0 spiro atoms. The third-order valence-electron chi connectivity index (χ3n) is 3.82. The first-order chi connectivity index (χ1) is 9.97. The first kappa shape index (κ1) is 14.1. The summed E-state index contributed by atoms with van der Waals surface area (Å²) < 4.78 is 2.24. The van der Waals surface area contributed by atoms with Gasteiger partial charge in [0, 0.05) is 25.0 Å². The van der Waals surface area contributed by atoms with Gasteiger partial charge >= 0.3 is 0 Å². The van der Waals surface area contributed by atoms with Gasteiger partial charge in [0.05, 0.1) is 17.1 Å². The van der Waals surface area contributed by atoms with E-state index in [1.54, 1.807) is 0 Å². The van der Waals surface area contributed by atoms with Gasteiger partial charge in [-0.25, -0.2) is 4.98 Å². The average molecular weight is 286 g/mol. The molecule has 2 heterocycles. The van der Waals surface area contributed by atoms with Crippen molar-refractivity contribution in [1.29, 1.82) is 0 Å². The molecule has 0 saturated carbocycles. The Bertz CT molecular complexity index is 668. The fourth-order valence-electron chi connectivity index (χ4n) is 2.96. The van der Waals surface area contributed by atoms with Crippen molar-refractivity contribution >= 4 is 16.9 Å². The van der Waals surface area contributed by atoms with Crippen molar-refractivity contribution in [3.63, 3.8) is 0 Å². The largest absolute Gasteiger partial charge is 0.353 e. The molecular formula is C16H22N4O. The molecule has 5 nitrogen and oxygen atoms in total. The molecule has 5 heteroatoms. The van der Waals surface area contributed by atoms with E-state index in [1.165, 1.54) is 0 Å². The van der Waals surface area contributed by atoms with Crippen molar-refractivity contribution in [2.75, 3.05) is 13.1 Å². The Morgan fingerprint density at radius 2 is 2.05 bits per heavy atom. The number of nitrogens with zero attached hydrogens (tertiary/aromatic N) is 2. The minimum absolute atomic E-state index is 0.0637. The van der Waals surface area contributed by atoms with Gasteiger partial charge in [0.25, 0.3) is 0 Å². The predicted octanol–water partition coefficient (Wildman–Crippen LogP) is 1.42. The van der Waals surface area contributed by atoms with E-state index in [1.807, 2.05) is 18.2 Å². The van der Waals surface area contributed by atoms with Crippen LogP contribution in [0.5, 0.6) is 0 Å². The van der Waals surface area contributed by atoms with Crippen LogP contribution in [0.15, 0.2) is 24.3 Å². The molecule has 3 rings (SSSR count). The number of imidazole rings is 1. The first-order valence-electron chi connectivity index (χ1n) is 7.45. The van der Waals surface area contributed by atoms with Gasteiger partial charge in [-0.3, -0.25) is 4.79 Å². The number of benzene rings is 1. The molecule has 1 aliphatic heterocycles. The summed E-state index contributed by atoms with van der Waals surface area (Å²) in [5, 5.41) is 6.18. The smallest absolute Gasteiger partial charge is 0.237 e. The highest BCUT2D eigenvalue weighted by Crippen LogP contribution is 2.25. The van der Waals surface area contributed by atoms with Gasteiger partial charge in [0.15, 0.2) is 0 Å². The fourth-order valence-corrected chi connectivity index (χ4v) is 2.96.